The topological polar surface area (TPSA) is 50.8 Å². The maximum atomic E-state index is 9.14. The van der Waals surface area contributed by atoms with Gasteiger partial charge < -0.3 is 4.74 Å². The summed E-state index contributed by atoms with van der Waals surface area (Å²) in [7, 11) is 0. The minimum atomic E-state index is -0.0438. The largest absolute Gasteiger partial charge is 0.356 e. The van der Waals surface area contributed by atoms with Crippen molar-refractivity contribution in [2.45, 2.75) is 25.5 Å². The Morgan fingerprint density at radius 3 is 3.06 bits per heavy atom. The molecule has 1 aliphatic heterocycles. The van der Waals surface area contributed by atoms with Gasteiger partial charge in [0.2, 0.25) is 0 Å². The Morgan fingerprint density at radius 1 is 1.44 bits per heavy atom. The van der Waals surface area contributed by atoms with Gasteiger partial charge in [-0.15, -0.1) is 0 Å². The van der Waals surface area contributed by atoms with E-state index in [0.717, 1.165) is 41.2 Å². The van der Waals surface area contributed by atoms with Crippen molar-refractivity contribution in [2.75, 3.05) is 6.61 Å². The second-order valence-corrected chi connectivity index (χ2v) is 5.30. The van der Waals surface area contributed by atoms with Crippen LogP contribution in [0.3, 0.4) is 0 Å². The Hall–Kier alpha value is -1.38. The van der Waals surface area contributed by atoms with Crippen LogP contribution in [-0.4, -0.2) is 16.4 Å². The molecule has 92 valence electrons. The molecule has 0 N–H and O–H groups in total. The molecule has 0 radical (unpaired) electrons. The average molecular weight is 306 g/mol. The van der Waals surface area contributed by atoms with Crippen molar-refractivity contribution in [3.63, 3.8) is 0 Å². The van der Waals surface area contributed by atoms with Crippen LogP contribution in [0.25, 0.3) is 10.9 Å². The summed E-state index contributed by atoms with van der Waals surface area (Å²) in [5.41, 5.74) is 1.42. The van der Waals surface area contributed by atoms with E-state index < -0.39 is 0 Å². The molecule has 0 bridgehead atoms. The van der Waals surface area contributed by atoms with Crippen LogP contribution in [-0.2, 0) is 4.74 Å². The Morgan fingerprint density at radius 2 is 2.33 bits per heavy atom. The molecule has 1 fully saturated rings. The standard InChI is InChI=1S/C13H12BrN3O/c14-9-4-5-10-11(8-15)16-17(12(10)7-9)13-3-1-2-6-18-13/h4-5,7,13H,1-3,6H2/t13-/m0/s1. The highest BCUT2D eigenvalue weighted by Crippen LogP contribution is 2.29. The molecule has 0 amide bonds. The van der Waals surface area contributed by atoms with E-state index in [0.29, 0.717) is 5.69 Å². The van der Waals surface area contributed by atoms with Gasteiger partial charge >= 0.3 is 0 Å². The molecule has 5 heteroatoms. The average Bonchev–Trinajstić information content (AvgIpc) is 2.77. The first-order chi connectivity index (χ1) is 8.79. The first kappa shape index (κ1) is 11.7. The fourth-order valence-electron chi connectivity index (χ4n) is 2.33. The van der Waals surface area contributed by atoms with E-state index in [9.17, 15) is 0 Å². The number of hydrogen-bond donors (Lipinski definition) is 0. The second-order valence-electron chi connectivity index (χ2n) is 4.39. The van der Waals surface area contributed by atoms with E-state index in [1.807, 2.05) is 22.9 Å². The molecule has 2 aromatic rings. The quantitative estimate of drug-likeness (QED) is 0.811. The Bertz CT molecular complexity index is 623. The molecule has 1 saturated heterocycles. The maximum Gasteiger partial charge on any atom is 0.170 e. The van der Waals surface area contributed by atoms with Gasteiger partial charge in [0.05, 0.1) is 5.52 Å². The molecule has 1 atom stereocenters. The van der Waals surface area contributed by atoms with Gasteiger partial charge in [0.15, 0.2) is 11.9 Å². The second kappa shape index (κ2) is 4.71. The molecule has 4 nitrogen and oxygen atoms in total. The number of halogens is 1. The minimum Gasteiger partial charge on any atom is -0.356 e. The van der Waals surface area contributed by atoms with Crippen LogP contribution in [0.2, 0.25) is 0 Å². The first-order valence-electron chi connectivity index (χ1n) is 5.99. The van der Waals surface area contributed by atoms with Gasteiger partial charge in [-0.25, -0.2) is 4.68 Å². The van der Waals surface area contributed by atoms with Crippen molar-refractivity contribution in [3.05, 3.63) is 28.4 Å². The van der Waals surface area contributed by atoms with E-state index in [1.54, 1.807) is 0 Å². The molecule has 2 heterocycles. The van der Waals surface area contributed by atoms with Crippen molar-refractivity contribution in [3.8, 4) is 6.07 Å². The van der Waals surface area contributed by atoms with Gasteiger partial charge in [0, 0.05) is 16.5 Å². The van der Waals surface area contributed by atoms with Gasteiger partial charge in [-0.05, 0) is 37.5 Å². The van der Waals surface area contributed by atoms with E-state index in [1.165, 1.54) is 0 Å². The lowest BCUT2D eigenvalue weighted by Gasteiger charge is -2.23. The van der Waals surface area contributed by atoms with Crippen LogP contribution in [0, 0.1) is 11.3 Å². The molecular formula is C13H12BrN3O. The molecule has 0 unspecified atom stereocenters. The summed E-state index contributed by atoms with van der Waals surface area (Å²) in [4.78, 5) is 0. The van der Waals surface area contributed by atoms with Crippen molar-refractivity contribution in [1.29, 1.82) is 5.26 Å². The molecule has 0 spiro atoms. The van der Waals surface area contributed by atoms with Crippen LogP contribution < -0.4 is 0 Å². The van der Waals surface area contributed by atoms with Gasteiger partial charge in [-0.1, -0.05) is 15.9 Å². The third-order valence-electron chi connectivity index (χ3n) is 3.20. The molecule has 3 rings (SSSR count). The SMILES string of the molecule is N#Cc1nn([C@@H]2CCCCO2)c2cc(Br)ccc12. The number of fused-ring (bicyclic) bond motifs is 1. The lowest BCUT2D eigenvalue weighted by molar-refractivity contribution is -0.0367. The Balaban J connectivity index is 2.16. The van der Waals surface area contributed by atoms with E-state index in [-0.39, 0.29) is 6.23 Å². The predicted molar refractivity (Wildman–Crippen MR) is 71.0 cm³/mol. The van der Waals surface area contributed by atoms with E-state index >= 15 is 0 Å². The third kappa shape index (κ3) is 1.92. The minimum absolute atomic E-state index is 0.0438. The summed E-state index contributed by atoms with van der Waals surface area (Å²) >= 11 is 3.46. The molecule has 0 aliphatic carbocycles. The number of hydrogen-bond acceptors (Lipinski definition) is 3. The van der Waals surface area contributed by atoms with Gasteiger partial charge in [0.1, 0.15) is 6.07 Å². The molecule has 1 aliphatic rings. The smallest absolute Gasteiger partial charge is 0.170 e. The van der Waals surface area contributed by atoms with E-state index in [4.69, 9.17) is 10.00 Å². The summed E-state index contributed by atoms with van der Waals surface area (Å²) in [5, 5.41) is 14.4. The van der Waals surface area contributed by atoms with Gasteiger partial charge in [-0.2, -0.15) is 10.4 Å². The first-order valence-corrected chi connectivity index (χ1v) is 6.78. The fourth-order valence-corrected chi connectivity index (χ4v) is 2.68. The Kier molecular flexibility index (Phi) is 3.06. The summed E-state index contributed by atoms with van der Waals surface area (Å²) in [6, 6.07) is 7.98. The summed E-state index contributed by atoms with van der Waals surface area (Å²) in [6.07, 6.45) is 3.15. The lowest BCUT2D eigenvalue weighted by Crippen LogP contribution is -2.19. The number of ether oxygens (including phenoxy) is 1. The van der Waals surface area contributed by atoms with Crippen molar-refractivity contribution in [2.24, 2.45) is 0 Å². The fraction of sp³-hybridized carbons (Fsp3) is 0.385. The number of benzene rings is 1. The zero-order chi connectivity index (χ0) is 12.5. The van der Waals surface area contributed by atoms with Crippen LogP contribution in [0.15, 0.2) is 22.7 Å². The van der Waals surface area contributed by atoms with Gasteiger partial charge in [0.25, 0.3) is 0 Å². The summed E-state index contributed by atoms with van der Waals surface area (Å²) in [5.74, 6) is 0. The molecule has 1 aromatic heterocycles. The lowest BCUT2D eigenvalue weighted by atomic mass is 10.2. The monoisotopic (exact) mass is 305 g/mol. The van der Waals surface area contributed by atoms with Crippen LogP contribution in [0.1, 0.15) is 31.2 Å². The molecule has 0 saturated carbocycles. The van der Waals surface area contributed by atoms with Gasteiger partial charge in [-0.3, -0.25) is 0 Å². The zero-order valence-corrected chi connectivity index (χ0v) is 11.4. The summed E-state index contributed by atoms with van der Waals surface area (Å²) in [6.45, 7) is 0.766. The van der Waals surface area contributed by atoms with Crippen LogP contribution in [0.5, 0.6) is 0 Å². The van der Waals surface area contributed by atoms with Crippen LogP contribution in [0.4, 0.5) is 0 Å². The van der Waals surface area contributed by atoms with Crippen molar-refractivity contribution in [1.82, 2.24) is 9.78 Å². The molecular weight excluding hydrogens is 294 g/mol. The highest BCUT2D eigenvalue weighted by Gasteiger charge is 2.20. The highest BCUT2D eigenvalue weighted by atomic mass is 79.9. The normalized spacial score (nSPS) is 19.9. The van der Waals surface area contributed by atoms with Crippen molar-refractivity contribution >= 4 is 26.8 Å². The number of rotatable bonds is 1. The summed E-state index contributed by atoms with van der Waals surface area (Å²) < 4.78 is 8.57. The van der Waals surface area contributed by atoms with Crippen molar-refractivity contribution < 1.29 is 4.74 Å². The van der Waals surface area contributed by atoms with Crippen LogP contribution >= 0.6 is 15.9 Å². The zero-order valence-electron chi connectivity index (χ0n) is 9.77. The van der Waals surface area contributed by atoms with E-state index in [2.05, 4.69) is 27.1 Å². The highest BCUT2D eigenvalue weighted by molar-refractivity contribution is 9.10. The Labute approximate surface area is 113 Å². The molecule has 18 heavy (non-hydrogen) atoms. The maximum absolute atomic E-state index is 9.14. The number of nitrogens with zero attached hydrogens (tertiary/aromatic N) is 3. The number of aromatic nitrogens is 2. The number of nitriles is 1. The molecule has 1 aromatic carbocycles. The predicted octanol–water partition coefficient (Wildman–Crippen LogP) is 3.37. The third-order valence-corrected chi connectivity index (χ3v) is 3.70.